The van der Waals surface area contributed by atoms with Crippen molar-refractivity contribution in [3.63, 3.8) is 0 Å². The van der Waals surface area contributed by atoms with Crippen LogP contribution in [-0.4, -0.2) is 52.6 Å². The molecule has 2 atom stereocenters. The van der Waals surface area contributed by atoms with E-state index in [4.69, 9.17) is 16.3 Å². The predicted molar refractivity (Wildman–Crippen MR) is 116 cm³/mol. The van der Waals surface area contributed by atoms with Crippen molar-refractivity contribution in [2.75, 3.05) is 19.7 Å². The number of ether oxygens (including phenoxy) is 1. The van der Waals surface area contributed by atoms with Crippen LogP contribution in [0.1, 0.15) is 43.6 Å². The molecule has 0 aromatic heterocycles. The first kappa shape index (κ1) is 20.7. The largest absolute Gasteiger partial charge is 0.490 e. The Morgan fingerprint density at radius 2 is 1.76 bits per heavy atom. The van der Waals surface area contributed by atoms with E-state index in [1.807, 2.05) is 12.1 Å². The van der Waals surface area contributed by atoms with Gasteiger partial charge in [0, 0.05) is 24.2 Å². The van der Waals surface area contributed by atoms with Crippen LogP contribution < -0.4 is 4.74 Å². The van der Waals surface area contributed by atoms with Gasteiger partial charge in [0.1, 0.15) is 18.0 Å². The zero-order valence-electron chi connectivity index (χ0n) is 16.7. The molecule has 2 aromatic rings. The fourth-order valence-electron chi connectivity index (χ4n) is 4.81. The monoisotopic (exact) mass is 415 g/mol. The number of benzene rings is 2. The number of aliphatic hydroxyl groups is 2. The Morgan fingerprint density at radius 3 is 2.48 bits per heavy atom. The van der Waals surface area contributed by atoms with Crippen LogP contribution in [0.5, 0.6) is 5.75 Å². The van der Waals surface area contributed by atoms with E-state index in [1.54, 1.807) is 12.1 Å². The van der Waals surface area contributed by atoms with Crippen molar-refractivity contribution < 1.29 is 14.9 Å². The molecule has 29 heavy (non-hydrogen) atoms. The highest BCUT2D eigenvalue weighted by Gasteiger charge is 2.44. The van der Waals surface area contributed by atoms with E-state index in [0.717, 1.165) is 19.4 Å². The smallest absolute Gasteiger partial charge is 0.137 e. The van der Waals surface area contributed by atoms with Crippen molar-refractivity contribution in [3.05, 3.63) is 65.2 Å². The van der Waals surface area contributed by atoms with E-state index >= 15 is 0 Å². The number of nitrogens with zero attached hydrogens (tertiary/aromatic N) is 1. The van der Waals surface area contributed by atoms with Gasteiger partial charge in [-0.25, -0.2) is 0 Å². The van der Waals surface area contributed by atoms with Crippen LogP contribution in [0.4, 0.5) is 0 Å². The first-order valence-electron chi connectivity index (χ1n) is 10.6. The summed E-state index contributed by atoms with van der Waals surface area (Å²) in [5, 5.41) is 22.2. The van der Waals surface area contributed by atoms with E-state index in [9.17, 15) is 10.2 Å². The Kier molecular flexibility index (Phi) is 6.45. The summed E-state index contributed by atoms with van der Waals surface area (Å²) in [5.74, 6) is 1.24. The highest BCUT2D eigenvalue weighted by molar-refractivity contribution is 6.30. The Morgan fingerprint density at radius 1 is 1.00 bits per heavy atom. The second-order valence-corrected chi connectivity index (χ2v) is 8.98. The van der Waals surface area contributed by atoms with Gasteiger partial charge in [-0.15, -0.1) is 0 Å². The van der Waals surface area contributed by atoms with Crippen LogP contribution in [0.3, 0.4) is 0 Å². The van der Waals surface area contributed by atoms with Gasteiger partial charge in [0.2, 0.25) is 0 Å². The maximum Gasteiger partial charge on any atom is 0.137 e. The fraction of sp³-hybridized carbons (Fsp3) is 0.500. The van der Waals surface area contributed by atoms with Crippen molar-refractivity contribution >= 4 is 11.6 Å². The molecule has 0 unspecified atom stereocenters. The maximum atomic E-state index is 11.2. The minimum atomic E-state index is -1.27. The maximum absolute atomic E-state index is 11.2. The third-order valence-corrected chi connectivity index (χ3v) is 6.79. The van der Waals surface area contributed by atoms with Gasteiger partial charge in [-0.2, -0.15) is 0 Å². The van der Waals surface area contributed by atoms with Crippen LogP contribution in [0.2, 0.25) is 5.02 Å². The lowest BCUT2D eigenvalue weighted by Crippen LogP contribution is -2.62. The number of halogens is 1. The Labute approximate surface area is 178 Å². The number of β-amino-alcohol motifs (C(OH)–C–C–N with tert-alkyl or cyclic N) is 1. The minimum Gasteiger partial charge on any atom is -0.490 e. The third-order valence-electron chi connectivity index (χ3n) is 6.56. The van der Waals surface area contributed by atoms with E-state index in [-0.39, 0.29) is 6.61 Å². The van der Waals surface area contributed by atoms with Gasteiger partial charge < -0.3 is 14.9 Å². The lowest BCUT2D eigenvalue weighted by molar-refractivity contribution is -0.147. The molecule has 0 radical (unpaired) electrons. The summed E-state index contributed by atoms with van der Waals surface area (Å²) in [4.78, 5) is 2.36. The number of rotatable bonds is 5. The van der Waals surface area contributed by atoms with Crippen LogP contribution >= 0.6 is 11.6 Å². The third kappa shape index (κ3) is 4.95. The molecule has 0 bridgehead atoms. The molecule has 2 fully saturated rings. The summed E-state index contributed by atoms with van der Waals surface area (Å²) in [6.45, 7) is 1.32. The molecule has 2 aromatic carbocycles. The molecule has 1 saturated heterocycles. The number of hydrogen-bond acceptors (Lipinski definition) is 4. The molecule has 4 rings (SSSR count). The summed E-state index contributed by atoms with van der Waals surface area (Å²) in [6.07, 6.45) is 4.38. The first-order valence-corrected chi connectivity index (χ1v) is 11.0. The molecular weight excluding hydrogens is 386 g/mol. The number of aliphatic hydroxyl groups excluding tert-OH is 1. The van der Waals surface area contributed by atoms with Crippen molar-refractivity contribution in [2.24, 2.45) is 0 Å². The molecule has 1 aliphatic heterocycles. The van der Waals surface area contributed by atoms with Crippen molar-refractivity contribution in [2.45, 2.75) is 55.8 Å². The molecular formula is C24H30ClNO3. The van der Waals surface area contributed by atoms with Gasteiger partial charge in [0.05, 0.1) is 6.10 Å². The number of likely N-dealkylation sites (tertiary alicyclic amines) is 1. The molecule has 1 heterocycles. The zero-order chi connectivity index (χ0) is 20.3. The van der Waals surface area contributed by atoms with Gasteiger partial charge in [-0.05, 0) is 61.8 Å². The van der Waals surface area contributed by atoms with E-state index < -0.39 is 11.7 Å². The lowest BCUT2D eigenvalue weighted by Gasteiger charge is -2.46. The average molecular weight is 416 g/mol. The normalized spacial score (nSPS) is 30.8. The summed E-state index contributed by atoms with van der Waals surface area (Å²) in [7, 11) is 0. The SMILES string of the molecule is O[C@H]1CCN(C2CCC(c3ccccc3)CC2)C[C@]1(O)COc1cccc(Cl)c1. The number of hydrogen-bond donors (Lipinski definition) is 2. The van der Waals surface area contributed by atoms with Crippen LogP contribution in [0.25, 0.3) is 0 Å². The Hall–Kier alpha value is -1.59. The standard InChI is InChI=1S/C24H30ClNO3/c25-20-7-4-8-22(15-20)29-17-24(28)16-26(14-13-23(24)27)21-11-9-19(10-12-21)18-5-2-1-3-6-18/h1-8,15,19,21,23,27-28H,9-14,16-17H2/t19?,21?,23-,24-/m0/s1. The van der Waals surface area contributed by atoms with Crippen molar-refractivity contribution in [1.29, 1.82) is 0 Å². The molecule has 0 spiro atoms. The minimum absolute atomic E-state index is 0.0599. The van der Waals surface area contributed by atoms with Gasteiger partial charge in [0.25, 0.3) is 0 Å². The fourth-order valence-corrected chi connectivity index (χ4v) is 4.99. The Bertz CT molecular complexity index is 794. The molecule has 156 valence electrons. The summed E-state index contributed by atoms with van der Waals surface area (Å²) < 4.78 is 5.79. The molecule has 1 saturated carbocycles. The van der Waals surface area contributed by atoms with Crippen molar-refractivity contribution in [3.8, 4) is 5.75 Å². The second-order valence-electron chi connectivity index (χ2n) is 8.54. The first-order chi connectivity index (χ1) is 14.0. The van der Waals surface area contributed by atoms with E-state index in [1.165, 1.54) is 18.4 Å². The van der Waals surface area contributed by atoms with Crippen LogP contribution in [0.15, 0.2) is 54.6 Å². The summed E-state index contributed by atoms with van der Waals surface area (Å²) in [6, 6.07) is 18.4. The molecule has 2 N–H and O–H groups in total. The lowest BCUT2D eigenvalue weighted by atomic mass is 9.80. The quantitative estimate of drug-likeness (QED) is 0.766. The molecule has 0 amide bonds. The van der Waals surface area contributed by atoms with Gasteiger partial charge in [0.15, 0.2) is 0 Å². The van der Waals surface area contributed by atoms with Crippen LogP contribution in [-0.2, 0) is 0 Å². The van der Waals surface area contributed by atoms with Crippen LogP contribution in [0, 0.1) is 0 Å². The van der Waals surface area contributed by atoms with Crippen molar-refractivity contribution in [1.82, 2.24) is 4.90 Å². The molecule has 5 heteroatoms. The summed E-state index contributed by atoms with van der Waals surface area (Å²) in [5.41, 5.74) is 0.170. The van der Waals surface area contributed by atoms with E-state index in [2.05, 4.69) is 35.2 Å². The highest BCUT2D eigenvalue weighted by atomic mass is 35.5. The predicted octanol–water partition coefficient (Wildman–Crippen LogP) is 4.24. The topological polar surface area (TPSA) is 52.9 Å². The second kappa shape index (κ2) is 9.05. The average Bonchev–Trinajstić information content (AvgIpc) is 2.75. The van der Waals surface area contributed by atoms with Gasteiger partial charge in [-0.3, -0.25) is 4.90 Å². The van der Waals surface area contributed by atoms with Gasteiger partial charge in [-0.1, -0.05) is 48.0 Å². The number of piperidine rings is 1. The molecule has 2 aliphatic rings. The molecule has 1 aliphatic carbocycles. The van der Waals surface area contributed by atoms with E-state index in [0.29, 0.717) is 35.7 Å². The highest BCUT2D eigenvalue weighted by Crippen LogP contribution is 2.36. The molecule has 4 nitrogen and oxygen atoms in total. The van der Waals surface area contributed by atoms with Gasteiger partial charge >= 0.3 is 0 Å². The zero-order valence-corrected chi connectivity index (χ0v) is 17.5. The summed E-state index contributed by atoms with van der Waals surface area (Å²) >= 11 is 6.01. The Balaban J connectivity index is 1.35.